The first-order chi connectivity index (χ1) is 8.36. The first kappa shape index (κ1) is 14.9. The number of nitrogens with one attached hydrogen (secondary N) is 1. The van der Waals surface area contributed by atoms with Gasteiger partial charge in [0.1, 0.15) is 5.25 Å². The fraction of sp³-hybridized carbons (Fsp3) is 0.364. The number of halogens is 1. The number of anilines is 1. The summed E-state index contributed by atoms with van der Waals surface area (Å²) in [4.78, 5) is 11.7. The summed E-state index contributed by atoms with van der Waals surface area (Å²) in [5, 5.41) is 10.4. The Balaban J connectivity index is 2.74. The van der Waals surface area contributed by atoms with E-state index < -0.39 is 33.4 Å². The lowest BCUT2D eigenvalue weighted by Gasteiger charge is -2.12. The van der Waals surface area contributed by atoms with Crippen molar-refractivity contribution in [1.29, 1.82) is 0 Å². The average molecular weight is 292 g/mol. The molecule has 0 aliphatic carbocycles. The standard InChI is InChI=1S/C11H14ClNO4S/c1-8(18(16,17)7-6-14)11(15)13-10-4-2-9(12)3-5-10/h2-5,8,14H,6-7H2,1H3,(H,13,15). The summed E-state index contributed by atoms with van der Waals surface area (Å²) in [5.41, 5.74) is 0.468. The van der Waals surface area contributed by atoms with E-state index in [1.165, 1.54) is 6.92 Å². The summed E-state index contributed by atoms with van der Waals surface area (Å²) in [7, 11) is -3.63. The molecule has 0 saturated heterocycles. The Bertz CT molecular complexity index is 512. The molecule has 1 aromatic rings. The van der Waals surface area contributed by atoms with E-state index in [0.717, 1.165) is 0 Å². The second-order valence-corrected chi connectivity index (χ2v) is 6.61. The first-order valence-electron chi connectivity index (χ1n) is 5.25. The number of hydrogen-bond donors (Lipinski definition) is 2. The third-order valence-corrected chi connectivity index (χ3v) is 4.69. The molecule has 0 bridgehead atoms. The highest BCUT2D eigenvalue weighted by Crippen LogP contribution is 2.14. The van der Waals surface area contributed by atoms with E-state index in [-0.39, 0.29) is 0 Å². The van der Waals surface area contributed by atoms with Crippen molar-refractivity contribution in [3.05, 3.63) is 29.3 Å². The highest BCUT2D eigenvalue weighted by atomic mass is 35.5. The fourth-order valence-corrected chi connectivity index (χ4v) is 2.36. The van der Waals surface area contributed by atoms with Crippen LogP contribution in [0.25, 0.3) is 0 Å². The lowest BCUT2D eigenvalue weighted by atomic mass is 10.3. The van der Waals surface area contributed by atoms with Gasteiger partial charge in [-0.05, 0) is 31.2 Å². The molecule has 0 saturated carbocycles. The second-order valence-electron chi connectivity index (χ2n) is 3.73. The van der Waals surface area contributed by atoms with Gasteiger partial charge in [0.15, 0.2) is 9.84 Å². The molecule has 1 aromatic carbocycles. The van der Waals surface area contributed by atoms with Crippen LogP contribution in [0.5, 0.6) is 0 Å². The van der Waals surface area contributed by atoms with Gasteiger partial charge in [0.05, 0.1) is 12.4 Å². The van der Waals surface area contributed by atoms with Crippen molar-refractivity contribution in [2.75, 3.05) is 17.7 Å². The Morgan fingerprint density at radius 1 is 1.39 bits per heavy atom. The van der Waals surface area contributed by atoms with Crippen LogP contribution >= 0.6 is 11.6 Å². The molecule has 1 atom stereocenters. The Morgan fingerprint density at radius 3 is 2.44 bits per heavy atom. The maximum Gasteiger partial charge on any atom is 0.242 e. The minimum absolute atomic E-state index is 0.428. The molecule has 0 aliphatic rings. The van der Waals surface area contributed by atoms with Crippen LogP contribution in [-0.2, 0) is 14.6 Å². The smallest absolute Gasteiger partial charge is 0.242 e. The SMILES string of the molecule is CC(C(=O)Nc1ccc(Cl)cc1)S(=O)(=O)CCO. The number of aliphatic hydroxyl groups is 1. The molecular formula is C11H14ClNO4S. The fourth-order valence-electron chi connectivity index (χ4n) is 1.24. The highest BCUT2D eigenvalue weighted by Gasteiger charge is 2.27. The Kier molecular flexibility index (Phi) is 5.13. The first-order valence-corrected chi connectivity index (χ1v) is 7.35. The van der Waals surface area contributed by atoms with E-state index >= 15 is 0 Å². The van der Waals surface area contributed by atoms with Gasteiger partial charge in [-0.2, -0.15) is 0 Å². The van der Waals surface area contributed by atoms with Crippen LogP contribution in [-0.4, -0.2) is 37.0 Å². The van der Waals surface area contributed by atoms with Crippen LogP contribution in [0, 0.1) is 0 Å². The monoisotopic (exact) mass is 291 g/mol. The van der Waals surface area contributed by atoms with Gasteiger partial charge in [-0.25, -0.2) is 8.42 Å². The van der Waals surface area contributed by atoms with E-state index in [1.807, 2.05) is 0 Å². The van der Waals surface area contributed by atoms with Gasteiger partial charge >= 0.3 is 0 Å². The zero-order valence-electron chi connectivity index (χ0n) is 9.76. The average Bonchev–Trinajstić information content (AvgIpc) is 2.31. The minimum Gasteiger partial charge on any atom is -0.395 e. The van der Waals surface area contributed by atoms with Gasteiger partial charge in [0.2, 0.25) is 5.91 Å². The Labute approximate surface area is 111 Å². The van der Waals surface area contributed by atoms with Crippen molar-refractivity contribution in [3.8, 4) is 0 Å². The van der Waals surface area contributed by atoms with Crippen molar-refractivity contribution in [2.45, 2.75) is 12.2 Å². The number of amides is 1. The third kappa shape index (κ3) is 3.97. The molecule has 7 heteroatoms. The van der Waals surface area contributed by atoms with Crippen molar-refractivity contribution >= 4 is 33.0 Å². The predicted octanol–water partition coefficient (Wildman–Crippen LogP) is 1.07. The lowest BCUT2D eigenvalue weighted by molar-refractivity contribution is -0.115. The van der Waals surface area contributed by atoms with Gasteiger partial charge in [-0.1, -0.05) is 11.6 Å². The zero-order valence-corrected chi connectivity index (χ0v) is 11.3. The molecule has 0 aliphatic heterocycles. The largest absolute Gasteiger partial charge is 0.395 e. The van der Waals surface area contributed by atoms with Gasteiger partial charge in [-0.15, -0.1) is 0 Å². The molecule has 0 spiro atoms. The van der Waals surface area contributed by atoms with Crippen molar-refractivity contribution in [2.24, 2.45) is 0 Å². The van der Waals surface area contributed by atoms with Crippen LogP contribution in [0.2, 0.25) is 5.02 Å². The number of aliphatic hydroxyl groups excluding tert-OH is 1. The summed E-state index contributed by atoms with van der Waals surface area (Å²) in [5.74, 6) is -1.06. The molecule has 0 aromatic heterocycles. The van der Waals surface area contributed by atoms with Crippen LogP contribution in [0.1, 0.15) is 6.92 Å². The number of carbonyl (C=O) groups is 1. The van der Waals surface area contributed by atoms with Crippen molar-refractivity contribution in [3.63, 3.8) is 0 Å². The predicted molar refractivity (Wildman–Crippen MR) is 70.4 cm³/mol. The maximum absolute atomic E-state index is 11.7. The Morgan fingerprint density at radius 2 is 1.94 bits per heavy atom. The van der Waals surface area contributed by atoms with Gasteiger partial charge in [0, 0.05) is 10.7 Å². The summed E-state index contributed by atoms with van der Waals surface area (Å²) in [6.45, 7) is 0.789. The van der Waals surface area contributed by atoms with E-state index in [1.54, 1.807) is 24.3 Å². The molecule has 5 nitrogen and oxygen atoms in total. The van der Waals surface area contributed by atoms with E-state index in [9.17, 15) is 13.2 Å². The number of carbonyl (C=O) groups excluding carboxylic acids is 1. The molecule has 18 heavy (non-hydrogen) atoms. The normalized spacial score (nSPS) is 13.1. The van der Waals surface area contributed by atoms with Crippen LogP contribution < -0.4 is 5.32 Å². The van der Waals surface area contributed by atoms with Gasteiger partial charge in [-0.3, -0.25) is 4.79 Å². The summed E-state index contributed by atoms with van der Waals surface area (Å²) in [6.07, 6.45) is 0. The molecule has 1 amide bonds. The number of hydrogen-bond acceptors (Lipinski definition) is 4. The highest BCUT2D eigenvalue weighted by molar-refractivity contribution is 7.92. The Hall–Kier alpha value is -1.11. The van der Waals surface area contributed by atoms with Crippen LogP contribution in [0.15, 0.2) is 24.3 Å². The van der Waals surface area contributed by atoms with Gasteiger partial charge in [0.25, 0.3) is 0 Å². The zero-order chi connectivity index (χ0) is 13.8. The van der Waals surface area contributed by atoms with E-state index in [4.69, 9.17) is 16.7 Å². The molecule has 0 heterocycles. The van der Waals surface area contributed by atoms with Crippen LogP contribution in [0.3, 0.4) is 0 Å². The number of rotatable bonds is 5. The summed E-state index contributed by atoms with van der Waals surface area (Å²) < 4.78 is 23.1. The van der Waals surface area contributed by atoms with Crippen LogP contribution in [0.4, 0.5) is 5.69 Å². The molecule has 1 unspecified atom stereocenters. The maximum atomic E-state index is 11.7. The van der Waals surface area contributed by atoms with Gasteiger partial charge < -0.3 is 10.4 Å². The molecular weight excluding hydrogens is 278 g/mol. The number of benzene rings is 1. The topological polar surface area (TPSA) is 83.5 Å². The summed E-state index contributed by atoms with van der Waals surface area (Å²) >= 11 is 5.69. The molecule has 0 radical (unpaired) electrons. The number of sulfone groups is 1. The van der Waals surface area contributed by atoms with Crippen molar-refractivity contribution < 1.29 is 18.3 Å². The third-order valence-electron chi connectivity index (χ3n) is 2.40. The lowest BCUT2D eigenvalue weighted by Crippen LogP contribution is -2.34. The quantitative estimate of drug-likeness (QED) is 0.850. The summed E-state index contributed by atoms with van der Waals surface area (Å²) in [6, 6.07) is 6.32. The molecule has 100 valence electrons. The van der Waals surface area contributed by atoms with Crippen molar-refractivity contribution in [1.82, 2.24) is 0 Å². The van der Waals surface area contributed by atoms with E-state index in [2.05, 4.69) is 5.32 Å². The molecule has 1 rings (SSSR count). The molecule has 2 N–H and O–H groups in total. The minimum atomic E-state index is -3.63. The molecule has 0 fully saturated rings. The second kappa shape index (κ2) is 6.17. The van der Waals surface area contributed by atoms with E-state index in [0.29, 0.717) is 10.7 Å².